The van der Waals surface area contributed by atoms with Crippen molar-refractivity contribution in [3.8, 4) is 0 Å². The van der Waals surface area contributed by atoms with E-state index in [1.54, 1.807) is 0 Å². The Labute approximate surface area is 107 Å². The van der Waals surface area contributed by atoms with Crippen LogP contribution in [-0.2, 0) is 0 Å². The molecule has 0 aliphatic rings. The van der Waals surface area contributed by atoms with Crippen molar-refractivity contribution in [3.05, 3.63) is 70.8 Å². The normalized spacial score (nSPS) is 10.2. The number of carbonyl (C=O) groups excluding carboxylic acids is 1. The number of halogens is 2. The first-order chi connectivity index (χ1) is 8.99. The second kappa shape index (κ2) is 4.97. The van der Waals surface area contributed by atoms with Gasteiger partial charge in [-0.05, 0) is 42.5 Å². The molecule has 0 spiro atoms. The standard InChI is InChI=1S/C14H8F2O3/c15-10-4-1-8(2-5-10)13(17)9-3-6-12(16)11(7-9)14(18)19/h1-7H,(H,18,19). The molecule has 0 aliphatic carbocycles. The maximum Gasteiger partial charge on any atom is 0.338 e. The molecule has 2 aromatic carbocycles. The largest absolute Gasteiger partial charge is 0.478 e. The van der Waals surface area contributed by atoms with Gasteiger partial charge in [-0.15, -0.1) is 0 Å². The lowest BCUT2D eigenvalue weighted by atomic mass is 10.0. The van der Waals surface area contributed by atoms with Gasteiger partial charge in [-0.25, -0.2) is 13.6 Å². The van der Waals surface area contributed by atoms with Gasteiger partial charge in [-0.1, -0.05) is 0 Å². The first-order valence-corrected chi connectivity index (χ1v) is 5.32. The van der Waals surface area contributed by atoms with Gasteiger partial charge in [0.05, 0.1) is 5.56 Å². The molecular weight excluding hydrogens is 254 g/mol. The zero-order valence-corrected chi connectivity index (χ0v) is 9.56. The highest BCUT2D eigenvalue weighted by atomic mass is 19.1. The molecule has 0 unspecified atom stereocenters. The molecule has 96 valence electrons. The number of benzene rings is 2. The Kier molecular flexibility index (Phi) is 3.37. The van der Waals surface area contributed by atoms with Gasteiger partial charge in [-0.3, -0.25) is 4.79 Å². The van der Waals surface area contributed by atoms with Crippen LogP contribution in [0.5, 0.6) is 0 Å². The summed E-state index contributed by atoms with van der Waals surface area (Å²) in [5, 5.41) is 8.78. The molecule has 1 N–H and O–H groups in total. The number of carbonyl (C=O) groups is 2. The molecule has 0 aliphatic heterocycles. The number of ketones is 1. The highest BCUT2D eigenvalue weighted by Crippen LogP contribution is 2.15. The van der Waals surface area contributed by atoms with E-state index in [1.165, 1.54) is 18.2 Å². The monoisotopic (exact) mass is 262 g/mol. The molecule has 19 heavy (non-hydrogen) atoms. The molecule has 0 amide bonds. The number of hydrogen-bond donors (Lipinski definition) is 1. The quantitative estimate of drug-likeness (QED) is 0.865. The third-order valence-corrected chi connectivity index (χ3v) is 2.57. The summed E-state index contributed by atoms with van der Waals surface area (Å²) in [5.74, 6) is -3.35. The van der Waals surface area contributed by atoms with Crippen molar-refractivity contribution in [2.75, 3.05) is 0 Å². The van der Waals surface area contributed by atoms with Crippen LogP contribution in [0.4, 0.5) is 8.78 Å². The second-order valence-electron chi connectivity index (χ2n) is 3.84. The zero-order valence-electron chi connectivity index (χ0n) is 9.56. The Morgan fingerprint density at radius 2 is 1.47 bits per heavy atom. The summed E-state index contributed by atoms with van der Waals surface area (Å²) in [6, 6.07) is 7.86. The number of hydrogen-bond acceptors (Lipinski definition) is 2. The van der Waals surface area contributed by atoms with Crippen molar-refractivity contribution < 1.29 is 23.5 Å². The lowest BCUT2D eigenvalue weighted by Gasteiger charge is -2.03. The molecule has 2 aromatic rings. The van der Waals surface area contributed by atoms with Crippen molar-refractivity contribution in [2.24, 2.45) is 0 Å². The fraction of sp³-hybridized carbons (Fsp3) is 0. The van der Waals surface area contributed by atoms with Gasteiger partial charge in [-0.2, -0.15) is 0 Å². The summed E-state index contributed by atoms with van der Waals surface area (Å²) in [5.41, 5.74) is -0.345. The van der Waals surface area contributed by atoms with E-state index in [9.17, 15) is 18.4 Å². The number of rotatable bonds is 3. The van der Waals surface area contributed by atoms with Gasteiger partial charge < -0.3 is 5.11 Å². The summed E-state index contributed by atoms with van der Waals surface area (Å²) in [7, 11) is 0. The highest BCUT2D eigenvalue weighted by Gasteiger charge is 2.15. The molecule has 3 nitrogen and oxygen atoms in total. The summed E-state index contributed by atoms with van der Waals surface area (Å²) in [4.78, 5) is 22.8. The van der Waals surface area contributed by atoms with Gasteiger partial charge in [0.1, 0.15) is 11.6 Å². The highest BCUT2D eigenvalue weighted by molar-refractivity contribution is 6.09. The van der Waals surface area contributed by atoms with E-state index in [4.69, 9.17) is 5.11 Å². The van der Waals surface area contributed by atoms with Crippen LogP contribution in [-0.4, -0.2) is 16.9 Å². The molecule has 0 heterocycles. The molecule has 0 saturated heterocycles. The lowest BCUT2D eigenvalue weighted by molar-refractivity contribution is 0.0692. The first-order valence-electron chi connectivity index (χ1n) is 5.32. The third kappa shape index (κ3) is 2.65. The van der Waals surface area contributed by atoms with E-state index in [1.807, 2.05) is 0 Å². The van der Waals surface area contributed by atoms with Crippen LogP contribution < -0.4 is 0 Å². The average Bonchev–Trinajstić information content (AvgIpc) is 2.39. The smallest absolute Gasteiger partial charge is 0.338 e. The average molecular weight is 262 g/mol. The summed E-state index contributed by atoms with van der Waals surface area (Å²) < 4.78 is 25.9. The van der Waals surface area contributed by atoms with Crippen LogP contribution in [0.15, 0.2) is 42.5 Å². The maximum absolute atomic E-state index is 13.2. The Morgan fingerprint density at radius 1 is 0.895 bits per heavy atom. The number of carboxylic acid groups (broad SMARTS) is 1. The minimum absolute atomic E-state index is 0.0328. The number of carboxylic acids is 1. The Bertz CT molecular complexity index is 648. The van der Waals surface area contributed by atoms with Crippen molar-refractivity contribution in [3.63, 3.8) is 0 Å². The summed E-state index contributed by atoms with van der Waals surface area (Å²) in [6.45, 7) is 0. The van der Waals surface area contributed by atoms with Gasteiger partial charge in [0, 0.05) is 11.1 Å². The van der Waals surface area contributed by atoms with Crippen LogP contribution in [0.3, 0.4) is 0 Å². The number of aromatic carboxylic acids is 1. The van der Waals surface area contributed by atoms with Crippen LogP contribution in [0, 0.1) is 11.6 Å². The zero-order chi connectivity index (χ0) is 14.0. The van der Waals surface area contributed by atoms with Crippen molar-refractivity contribution in [2.45, 2.75) is 0 Å². The van der Waals surface area contributed by atoms with Crippen LogP contribution in [0.2, 0.25) is 0 Å². The maximum atomic E-state index is 13.2. The topological polar surface area (TPSA) is 54.4 Å². The van der Waals surface area contributed by atoms with Gasteiger partial charge in [0.15, 0.2) is 5.78 Å². The predicted octanol–water partition coefficient (Wildman–Crippen LogP) is 2.89. The predicted molar refractivity (Wildman–Crippen MR) is 63.2 cm³/mol. The summed E-state index contributed by atoms with van der Waals surface area (Å²) in [6.07, 6.45) is 0. The molecule has 5 heteroatoms. The lowest BCUT2D eigenvalue weighted by Crippen LogP contribution is -2.06. The van der Waals surface area contributed by atoms with Crippen LogP contribution in [0.25, 0.3) is 0 Å². The summed E-state index contributed by atoms with van der Waals surface area (Å²) >= 11 is 0. The van der Waals surface area contributed by atoms with E-state index in [-0.39, 0.29) is 11.1 Å². The van der Waals surface area contributed by atoms with Crippen LogP contribution in [0.1, 0.15) is 26.3 Å². The molecular formula is C14H8F2O3. The van der Waals surface area contributed by atoms with Gasteiger partial charge in [0.2, 0.25) is 0 Å². The van der Waals surface area contributed by atoms with Crippen molar-refractivity contribution >= 4 is 11.8 Å². The van der Waals surface area contributed by atoms with E-state index in [0.717, 1.165) is 24.3 Å². The minimum Gasteiger partial charge on any atom is -0.478 e. The first kappa shape index (κ1) is 12.9. The SMILES string of the molecule is O=C(c1ccc(F)cc1)c1ccc(F)c(C(=O)O)c1. The second-order valence-corrected chi connectivity index (χ2v) is 3.84. The van der Waals surface area contributed by atoms with Crippen molar-refractivity contribution in [1.82, 2.24) is 0 Å². The molecule has 0 saturated carbocycles. The minimum atomic E-state index is -1.45. The Hall–Kier alpha value is -2.56. The van der Waals surface area contributed by atoms with Crippen LogP contribution >= 0.6 is 0 Å². The molecule has 0 aromatic heterocycles. The molecule has 2 rings (SSSR count). The van der Waals surface area contributed by atoms with Gasteiger partial charge in [0.25, 0.3) is 0 Å². The molecule has 0 atom stereocenters. The van der Waals surface area contributed by atoms with E-state index < -0.39 is 29.0 Å². The Balaban J connectivity index is 2.42. The fourth-order valence-electron chi connectivity index (χ4n) is 1.60. The van der Waals surface area contributed by atoms with E-state index in [2.05, 4.69) is 0 Å². The molecule has 0 fully saturated rings. The Morgan fingerprint density at radius 3 is 2.05 bits per heavy atom. The molecule has 0 radical (unpaired) electrons. The van der Waals surface area contributed by atoms with E-state index in [0.29, 0.717) is 0 Å². The molecule has 0 bridgehead atoms. The van der Waals surface area contributed by atoms with E-state index >= 15 is 0 Å². The van der Waals surface area contributed by atoms with Crippen molar-refractivity contribution in [1.29, 1.82) is 0 Å². The third-order valence-electron chi connectivity index (χ3n) is 2.57. The fourth-order valence-corrected chi connectivity index (χ4v) is 1.60. The van der Waals surface area contributed by atoms with Gasteiger partial charge >= 0.3 is 5.97 Å².